The minimum absolute atomic E-state index is 0.0146. The molecule has 1 fully saturated rings. The summed E-state index contributed by atoms with van der Waals surface area (Å²) in [7, 11) is 0. The van der Waals surface area contributed by atoms with Crippen molar-refractivity contribution in [2.75, 3.05) is 19.6 Å². The number of likely N-dealkylation sites (N-methyl/N-ethyl adjacent to an activating group) is 2. The average molecular weight is 285 g/mol. The Hall–Kier alpha value is -1.79. The molecule has 0 unspecified atom stereocenters. The highest BCUT2D eigenvalue weighted by Gasteiger charge is 2.41. The number of amides is 3. The summed E-state index contributed by atoms with van der Waals surface area (Å²) in [6.07, 6.45) is 2.18. The fourth-order valence-corrected chi connectivity index (χ4v) is 2.30. The van der Waals surface area contributed by atoms with E-state index in [1.807, 2.05) is 6.92 Å². The quantitative estimate of drug-likeness (QED) is 0.636. The second kappa shape index (κ2) is 7.12. The molecule has 0 radical (unpaired) electrons. The van der Waals surface area contributed by atoms with Gasteiger partial charge in [0.15, 0.2) is 0 Å². The molecule has 0 aliphatic heterocycles. The summed E-state index contributed by atoms with van der Waals surface area (Å²) in [4.78, 5) is 35.9. The largest absolute Gasteiger partial charge is 0.481 e. The van der Waals surface area contributed by atoms with Crippen molar-refractivity contribution in [2.45, 2.75) is 45.1 Å². The molecule has 0 bridgehead atoms. The number of carboxylic acid groups (broad SMARTS) is 1. The zero-order valence-electron chi connectivity index (χ0n) is 12.1. The van der Waals surface area contributed by atoms with Crippen LogP contribution in [0.4, 0.5) is 4.79 Å². The topological polar surface area (TPSA) is 98.7 Å². The predicted octanol–water partition coefficient (Wildman–Crippen LogP) is 0.551. The minimum Gasteiger partial charge on any atom is -0.481 e. The molecule has 0 spiro atoms. The van der Waals surface area contributed by atoms with Crippen LogP contribution >= 0.6 is 0 Å². The molecule has 114 valence electrons. The van der Waals surface area contributed by atoms with Gasteiger partial charge in [0.1, 0.15) is 6.54 Å². The van der Waals surface area contributed by atoms with Gasteiger partial charge < -0.3 is 20.6 Å². The monoisotopic (exact) mass is 285 g/mol. The van der Waals surface area contributed by atoms with Crippen molar-refractivity contribution < 1.29 is 19.5 Å². The van der Waals surface area contributed by atoms with Crippen molar-refractivity contribution in [1.82, 2.24) is 15.5 Å². The highest BCUT2D eigenvalue weighted by atomic mass is 16.4. The molecule has 1 aliphatic carbocycles. The van der Waals surface area contributed by atoms with Crippen LogP contribution in [0.25, 0.3) is 0 Å². The van der Waals surface area contributed by atoms with Gasteiger partial charge in [-0.05, 0) is 33.1 Å². The Balaban J connectivity index is 2.57. The third-order valence-corrected chi connectivity index (χ3v) is 3.55. The summed E-state index contributed by atoms with van der Waals surface area (Å²) >= 11 is 0. The first-order valence-electron chi connectivity index (χ1n) is 6.98. The normalized spacial score (nSPS) is 15.9. The zero-order chi connectivity index (χ0) is 15.2. The molecule has 0 aromatic heterocycles. The van der Waals surface area contributed by atoms with E-state index in [9.17, 15) is 14.4 Å². The van der Waals surface area contributed by atoms with Crippen molar-refractivity contribution in [1.29, 1.82) is 0 Å². The molecule has 3 N–H and O–H groups in total. The van der Waals surface area contributed by atoms with Gasteiger partial charge in [-0.3, -0.25) is 9.59 Å². The van der Waals surface area contributed by atoms with Crippen LogP contribution in [-0.4, -0.2) is 53.1 Å². The number of carbonyl (C=O) groups excluding carboxylic acids is 2. The highest BCUT2D eigenvalue weighted by molar-refractivity contribution is 5.84. The predicted molar refractivity (Wildman–Crippen MR) is 73.3 cm³/mol. The Kier molecular flexibility index (Phi) is 5.79. The first-order chi connectivity index (χ1) is 9.42. The zero-order valence-corrected chi connectivity index (χ0v) is 12.1. The Morgan fingerprint density at radius 3 is 2.30 bits per heavy atom. The van der Waals surface area contributed by atoms with Gasteiger partial charge in [0.05, 0.1) is 12.0 Å². The maximum atomic E-state index is 12.1. The summed E-state index contributed by atoms with van der Waals surface area (Å²) in [5, 5.41) is 14.3. The van der Waals surface area contributed by atoms with Crippen LogP contribution in [0, 0.1) is 0 Å². The molecule has 1 aliphatic rings. The maximum absolute atomic E-state index is 12.1. The molecule has 3 amide bonds. The van der Waals surface area contributed by atoms with Gasteiger partial charge in [-0.2, -0.15) is 0 Å². The smallest absolute Gasteiger partial charge is 0.318 e. The summed E-state index contributed by atoms with van der Waals surface area (Å²) < 4.78 is 0. The first kappa shape index (κ1) is 16.3. The maximum Gasteiger partial charge on any atom is 0.318 e. The van der Waals surface area contributed by atoms with E-state index in [1.165, 1.54) is 4.90 Å². The third kappa shape index (κ3) is 4.40. The second-order valence-electron chi connectivity index (χ2n) is 5.10. The fraction of sp³-hybridized carbons (Fsp3) is 0.769. The molecule has 1 saturated carbocycles. The van der Waals surface area contributed by atoms with Crippen molar-refractivity contribution in [3.63, 3.8) is 0 Å². The lowest BCUT2D eigenvalue weighted by molar-refractivity contribution is -0.139. The molecule has 7 nitrogen and oxygen atoms in total. The Morgan fingerprint density at radius 1 is 1.25 bits per heavy atom. The molecular formula is C13H23N3O4. The first-order valence-corrected chi connectivity index (χ1v) is 6.98. The van der Waals surface area contributed by atoms with Crippen LogP contribution in [0.2, 0.25) is 0 Å². The van der Waals surface area contributed by atoms with E-state index < -0.39 is 11.5 Å². The van der Waals surface area contributed by atoms with E-state index in [2.05, 4.69) is 10.6 Å². The molecule has 0 aromatic rings. The number of nitrogens with one attached hydrogen (secondary N) is 2. The standard InChI is InChI=1S/C13H23N3O4/c1-3-14-10(17)9-16(4-2)12(20)15-13(6-5-7-13)8-11(18)19/h3-9H2,1-2H3,(H,14,17)(H,15,20)(H,18,19). The average Bonchev–Trinajstić information content (AvgIpc) is 2.32. The highest BCUT2D eigenvalue weighted by Crippen LogP contribution is 2.35. The number of rotatable bonds is 7. The van der Waals surface area contributed by atoms with Gasteiger partial charge in [-0.1, -0.05) is 0 Å². The van der Waals surface area contributed by atoms with Gasteiger partial charge in [0.2, 0.25) is 5.91 Å². The number of carbonyl (C=O) groups is 3. The van der Waals surface area contributed by atoms with Crippen LogP contribution in [0.3, 0.4) is 0 Å². The van der Waals surface area contributed by atoms with Crippen molar-refractivity contribution in [2.24, 2.45) is 0 Å². The molecule has 0 atom stereocenters. The van der Waals surface area contributed by atoms with Crippen molar-refractivity contribution >= 4 is 17.9 Å². The summed E-state index contributed by atoms with van der Waals surface area (Å²) in [6.45, 7) is 4.49. The van der Waals surface area contributed by atoms with Gasteiger partial charge in [-0.15, -0.1) is 0 Å². The molecular weight excluding hydrogens is 262 g/mol. The van der Waals surface area contributed by atoms with E-state index in [-0.39, 0.29) is 24.9 Å². The lowest BCUT2D eigenvalue weighted by Crippen LogP contribution is -2.58. The molecule has 0 saturated heterocycles. The Morgan fingerprint density at radius 2 is 1.90 bits per heavy atom. The lowest BCUT2D eigenvalue weighted by atomic mass is 9.74. The lowest BCUT2D eigenvalue weighted by Gasteiger charge is -2.42. The van der Waals surface area contributed by atoms with E-state index >= 15 is 0 Å². The van der Waals surface area contributed by atoms with E-state index in [0.717, 1.165) is 6.42 Å². The van der Waals surface area contributed by atoms with Crippen molar-refractivity contribution in [3.05, 3.63) is 0 Å². The fourth-order valence-electron chi connectivity index (χ4n) is 2.30. The van der Waals surface area contributed by atoms with Crippen molar-refractivity contribution in [3.8, 4) is 0 Å². The number of hydrogen-bond donors (Lipinski definition) is 3. The summed E-state index contributed by atoms with van der Waals surface area (Å²) in [5.41, 5.74) is -0.641. The van der Waals surface area contributed by atoms with Gasteiger partial charge in [-0.25, -0.2) is 4.79 Å². The van der Waals surface area contributed by atoms with Gasteiger partial charge in [0, 0.05) is 13.1 Å². The number of hydrogen-bond acceptors (Lipinski definition) is 3. The number of urea groups is 1. The second-order valence-corrected chi connectivity index (χ2v) is 5.10. The van der Waals surface area contributed by atoms with Gasteiger partial charge >= 0.3 is 12.0 Å². The van der Waals surface area contributed by atoms with Crippen LogP contribution in [0.1, 0.15) is 39.5 Å². The Labute approximate surface area is 118 Å². The van der Waals surface area contributed by atoms with Crippen LogP contribution in [-0.2, 0) is 9.59 Å². The van der Waals surface area contributed by atoms with E-state index in [1.54, 1.807) is 6.92 Å². The molecule has 0 heterocycles. The summed E-state index contributed by atoms with van der Waals surface area (Å²) in [5.74, 6) is -1.14. The number of nitrogens with zero attached hydrogens (tertiary/aromatic N) is 1. The molecule has 1 rings (SSSR count). The SMILES string of the molecule is CCNC(=O)CN(CC)C(=O)NC1(CC(=O)O)CCC1. The van der Waals surface area contributed by atoms with E-state index in [4.69, 9.17) is 5.11 Å². The van der Waals surface area contributed by atoms with Crippen LogP contribution < -0.4 is 10.6 Å². The third-order valence-electron chi connectivity index (χ3n) is 3.55. The number of aliphatic carboxylic acids is 1. The molecule has 0 aromatic carbocycles. The van der Waals surface area contributed by atoms with E-state index in [0.29, 0.717) is 25.9 Å². The number of carboxylic acids is 1. The summed E-state index contributed by atoms with van der Waals surface area (Å²) in [6, 6.07) is -0.375. The van der Waals surface area contributed by atoms with Crippen LogP contribution in [0.15, 0.2) is 0 Å². The van der Waals surface area contributed by atoms with Gasteiger partial charge in [0.25, 0.3) is 0 Å². The minimum atomic E-state index is -0.920. The molecule has 20 heavy (non-hydrogen) atoms. The molecule has 7 heteroatoms. The Bertz CT molecular complexity index is 380. The van der Waals surface area contributed by atoms with Crippen LogP contribution in [0.5, 0.6) is 0 Å².